The Morgan fingerprint density at radius 3 is 2.89 bits per heavy atom. The summed E-state index contributed by atoms with van der Waals surface area (Å²) in [6.45, 7) is 0.688. The minimum Gasteiger partial charge on any atom is -0.380 e. The molecule has 5 nitrogen and oxygen atoms in total. The normalized spacial score (nSPS) is 22.6. The fourth-order valence-corrected chi connectivity index (χ4v) is 3.07. The molecule has 2 N–H and O–H groups in total. The first kappa shape index (κ1) is 11.7. The molecule has 0 radical (unpaired) electrons. The van der Waals surface area contributed by atoms with Gasteiger partial charge in [0.1, 0.15) is 5.60 Å². The monoisotopic (exact) mass is 249 g/mol. The second kappa shape index (κ2) is 4.39. The Hall–Kier alpha value is -1.36. The van der Waals surface area contributed by atoms with Gasteiger partial charge < -0.3 is 10.0 Å². The molecule has 1 aromatic rings. The molecule has 0 aromatic carbocycles. The molecule has 2 heterocycles. The number of anilines is 1. The molecule has 98 valence electrons. The maximum atomic E-state index is 12.6. The van der Waals surface area contributed by atoms with Crippen LogP contribution in [0.1, 0.15) is 44.2 Å². The Balaban J connectivity index is 1.85. The molecule has 1 aromatic heterocycles. The Bertz CT molecular complexity index is 449. The maximum Gasteiger partial charge on any atom is 0.259 e. The van der Waals surface area contributed by atoms with Crippen LogP contribution in [0.15, 0.2) is 6.20 Å². The summed E-state index contributed by atoms with van der Waals surface area (Å²) in [5.74, 6) is -0.135. The lowest BCUT2D eigenvalue weighted by Gasteiger charge is -2.37. The Kier molecular flexibility index (Phi) is 2.86. The number of H-pyrrole nitrogens is 1. The number of nitrogens with zero attached hydrogens (tertiary/aromatic N) is 2. The van der Waals surface area contributed by atoms with Crippen molar-refractivity contribution in [3.05, 3.63) is 11.9 Å². The highest BCUT2D eigenvalue weighted by Crippen LogP contribution is 2.33. The number of aryl methyl sites for hydroxylation is 1. The standard InChI is InChI=1S/C13H19N3O2/c17-12(13(18)6-2-1-3-7-13)16-8-4-5-10-11(16)9-14-15-10/h9,18H,1-8H2,(H,14,15). The number of aromatic nitrogens is 2. The fraction of sp³-hybridized carbons (Fsp3) is 0.692. The smallest absolute Gasteiger partial charge is 0.259 e. The van der Waals surface area contributed by atoms with Crippen LogP contribution in [0.3, 0.4) is 0 Å². The van der Waals surface area contributed by atoms with Crippen molar-refractivity contribution in [1.29, 1.82) is 0 Å². The second-order valence-corrected chi connectivity index (χ2v) is 5.39. The summed E-state index contributed by atoms with van der Waals surface area (Å²) in [6.07, 6.45) is 7.73. The van der Waals surface area contributed by atoms with Crippen LogP contribution in [-0.2, 0) is 11.2 Å². The number of amides is 1. The molecule has 1 saturated carbocycles. The third-order valence-corrected chi connectivity index (χ3v) is 4.12. The SMILES string of the molecule is O=C(N1CCCc2[nH]ncc21)C1(O)CCCCC1. The topological polar surface area (TPSA) is 69.2 Å². The van der Waals surface area contributed by atoms with E-state index in [1.165, 1.54) is 0 Å². The van der Waals surface area contributed by atoms with Crippen LogP contribution < -0.4 is 4.90 Å². The van der Waals surface area contributed by atoms with E-state index >= 15 is 0 Å². The lowest BCUT2D eigenvalue weighted by molar-refractivity contribution is -0.140. The van der Waals surface area contributed by atoms with Crippen molar-refractivity contribution in [3.63, 3.8) is 0 Å². The number of fused-ring (bicyclic) bond motifs is 1. The Labute approximate surface area is 106 Å². The fourth-order valence-electron chi connectivity index (χ4n) is 3.07. The molecule has 1 aliphatic heterocycles. The van der Waals surface area contributed by atoms with Crippen LogP contribution in [0.5, 0.6) is 0 Å². The van der Waals surface area contributed by atoms with Crippen LogP contribution >= 0.6 is 0 Å². The van der Waals surface area contributed by atoms with Crippen molar-refractivity contribution in [2.75, 3.05) is 11.4 Å². The molecular weight excluding hydrogens is 230 g/mol. The summed E-state index contributed by atoms with van der Waals surface area (Å²) in [7, 11) is 0. The van der Waals surface area contributed by atoms with Gasteiger partial charge in [-0.3, -0.25) is 9.89 Å². The number of hydrogen-bond donors (Lipinski definition) is 2. The van der Waals surface area contributed by atoms with Gasteiger partial charge in [0.05, 0.1) is 17.6 Å². The van der Waals surface area contributed by atoms with Crippen molar-refractivity contribution in [2.45, 2.75) is 50.5 Å². The van der Waals surface area contributed by atoms with Crippen molar-refractivity contribution >= 4 is 11.6 Å². The lowest BCUT2D eigenvalue weighted by atomic mass is 9.83. The number of aromatic amines is 1. The van der Waals surface area contributed by atoms with Gasteiger partial charge in [-0.1, -0.05) is 19.3 Å². The predicted octanol–water partition coefficient (Wildman–Crippen LogP) is 1.38. The first-order chi connectivity index (χ1) is 8.71. The third-order valence-electron chi connectivity index (χ3n) is 4.12. The number of carbonyl (C=O) groups excluding carboxylic acids is 1. The van der Waals surface area contributed by atoms with Crippen molar-refractivity contribution in [3.8, 4) is 0 Å². The minimum absolute atomic E-state index is 0.135. The van der Waals surface area contributed by atoms with Gasteiger partial charge in [-0.05, 0) is 25.7 Å². The van der Waals surface area contributed by atoms with E-state index in [2.05, 4.69) is 10.2 Å². The van der Waals surface area contributed by atoms with Crippen molar-refractivity contribution in [2.24, 2.45) is 0 Å². The molecule has 1 amide bonds. The van der Waals surface area contributed by atoms with E-state index in [-0.39, 0.29) is 5.91 Å². The zero-order chi connectivity index (χ0) is 12.6. The van der Waals surface area contributed by atoms with Crippen molar-refractivity contribution < 1.29 is 9.90 Å². The largest absolute Gasteiger partial charge is 0.380 e. The van der Waals surface area contributed by atoms with E-state index in [0.29, 0.717) is 19.4 Å². The quantitative estimate of drug-likeness (QED) is 0.790. The van der Waals surface area contributed by atoms with Crippen molar-refractivity contribution in [1.82, 2.24) is 10.2 Å². The lowest BCUT2D eigenvalue weighted by Crippen LogP contribution is -2.51. The van der Waals surface area contributed by atoms with E-state index in [4.69, 9.17) is 0 Å². The Morgan fingerprint density at radius 2 is 2.11 bits per heavy atom. The molecule has 5 heteroatoms. The number of hydrogen-bond acceptors (Lipinski definition) is 3. The van der Waals surface area contributed by atoms with Gasteiger partial charge >= 0.3 is 0 Å². The number of rotatable bonds is 1. The first-order valence-electron chi connectivity index (χ1n) is 6.77. The molecule has 1 aliphatic carbocycles. The summed E-state index contributed by atoms with van der Waals surface area (Å²) in [5, 5.41) is 17.5. The highest BCUT2D eigenvalue weighted by molar-refractivity contribution is 6.00. The van der Waals surface area contributed by atoms with Crippen LogP contribution in [0, 0.1) is 0 Å². The number of nitrogens with one attached hydrogen (secondary N) is 1. The zero-order valence-electron chi connectivity index (χ0n) is 10.5. The summed E-state index contributed by atoms with van der Waals surface area (Å²) < 4.78 is 0. The highest BCUT2D eigenvalue weighted by atomic mass is 16.3. The summed E-state index contributed by atoms with van der Waals surface area (Å²) in [6, 6.07) is 0. The summed E-state index contributed by atoms with van der Waals surface area (Å²) in [4.78, 5) is 14.3. The molecule has 0 saturated heterocycles. The molecule has 1 fully saturated rings. The van der Waals surface area contributed by atoms with E-state index in [1.54, 1.807) is 11.1 Å². The van der Waals surface area contributed by atoms with Gasteiger partial charge in [-0.2, -0.15) is 5.10 Å². The van der Waals surface area contributed by atoms with E-state index in [1.807, 2.05) is 0 Å². The summed E-state index contributed by atoms with van der Waals surface area (Å²) >= 11 is 0. The average molecular weight is 249 g/mol. The molecule has 3 rings (SSSR count). The first-order valence-corrected chi connectivity index (χ1v) is 6.77. The van der Waals surface area contributed by atoms with E-state index in [9.17, 15) is 9.90 Å². The van der Waals surface area contributed by atoms with Crippen LogP contribution in [0.25, 0.3) is 0 Å². The van der Waals surface area contributed by atoms with Crippen LogP contribution in [0.4, 0.5) is 5.69 Å². The molecule has 0 atom stereocenters. The molecule has 0 unspecified atom stereocenters. The number of aliphatic hydroxyl groups is 1. The molecule has 2 aliphatic rings. The summed E-state index contributed by atoms with van der Waals surface area (Å²) in [5.41, 5.74) is 0.712. The zero-order valence-corrected chi connectivity index (χ0v) is 10.5. The second-order valence-electron chi connectivity index (χ2n) is 5.39. The van der Waals surface area contributed by atoms with Gasteiger partial charge in [0, 0.05) is 6.54 Å². The third kappa shape index (κ3) is 1.82. The van der Waals surface area contributed by atoms with Gasteiger partial charge in [-0.25, -0.2) is 0 Å². The number of carbonyl (C=O) groups is 1. The van der Waals surface area contributed by atoms with Crippen LogP contribution in [0.2, 0.25) is 0 Å². The van der Waals surface area contributed by atoms with E-state index < -0.39 is 5.60 Å². The van der Waals surface area contributed by atoms with Gasteiger partial charge in [-0.15, -0.1) is 0 Å². The highest BCUT2D eigenvalue weighted by Gasteiger charge is 2.41. The minimum atomic E-state index is -1.15. The van der Waals surface area contributed by atoms with Gasteiger partial charge in [0.2, 0.25) is 0 Å². The molecule has 18 heavy (non-hydrogen) atoms. The maximum absolute atomic E-state index is 12.6. The Morgan fingerprint density at radius 1 is 1.33 bits per heavy atom. The van der Waals surface area contributed by atoms with Gasteiger partial charge in [0.15, 0.2) is 0 Å². The van der Waals surface area contributed by atoms with E-state index in [0.717, 1.165) is 43.5 Å². The van der Waals surface area contributed by atoms with Crippen LogP contribution in [-0.4, -0.2) is 33.4 Å². The molecular formula is C13H19N3O2. The molecule has 0 spiro atoms. The van der Waals surface area contributed by atoms with Gasteiger partial charge in [0.25, 0.3) is 5.91 Å². The molecule has 0 bridgehead atoms. The average Bonchev–Trinajstić information content (AvgIpc) is 2.87. The predicted molar refractivity (Wildman–Crippen MR) is 67.3 cm³/mol.